The van der Waals surface area contributed by atoms with Gasteiger partial charge in [-0.05, 0) is 25.7 Å². The molecule has 15 heavy (non-hydrogen) atoms. The molecule has 0 radical (unpaired) electrons. The molecular formula is C9H19NO4S. The summed E-state index contributed by atoms with van der Waals surface area (Å²) in [6.07, 6.45) is 3.38. The van der Waals surface area contributed by atoms with Gasteiger partial charge in [0.1, 0.15) is 0 Å². The minimum atomic E-state index is -3.23. The topological polar surface area (TPSA) is 75.6 Å². The second-order valence-corrected chi connectivity index (χ2v) is 5.66. The molecule has 1 atom stereocenters. The van der Waals surface area contributed by atoms with Crippen LogP contribution in [0.4, 0.5) is 0 Å². The maximum Gasteiger partial charge on any atom is 0.211 e. The van der Waals surface area contributed by atoms with Crippen LogP contribution in [0.25, 0.3) is 0 Å². The summed E-state index contributed by atoms with van der Waals surface area (Å²) in [4.78, 5) is 0. The monoisotopic (exact) mass is 237 g/mol. The fraction of sp³-hybridized carbons (Fsp3) is 1.00. The van der Waals surface area contributed by atoms with E-state index in [0.717, 1.165) is 25.9 Å². The second-order valence-electron chi connectivity index (χ2n) is 3.73. The van der Waals surface area contributed by atoms with E-state index in [1.54, 1.807) is 0 Å². The van der Waals surface area contributed by atoms with Crippen LogP contribution in [0.15, 0.2) is 0 Å². The van der Waals surface area contributed by atoms with Gasteiger partial charge in [0.2, 0.25) is 10.0 Å². The molecule has 2 N–H and O–H groups in total. The van der Waals surface area contributed by atoms with Gasteiger partial charge in [0.25, 0.3) is 0 Å². The van der Waals surface area contributed by atoms with Crippen molar-refractivity contribution in [3.8, 4) is 0 Å². The standard InChI is InChI=1S/C9H19NO4S/c11-5-3-7-15(12,13)10-8-9-4-1-2-6-14-9/h9-11H,1-8H2. The summed E-state index contributed by atoms with van der Waals surface area (Å²) in [6, 6.07) is 0. The van der Waals surface area contributed by atoms with Gasteiger partial charge in [-0.15, -0.1) is 0 Å². The summed E-state index contributed by atoms with van der Waals surface area (Å²) < 4.78 is 30.6. The summed E-state index contributed by atoms with van der Waals surface area (Å²) in [6.45, 7) is 0.984. The molecule has 1 aliphatic rings. The largest absolute Gasteiger partial charge is 0.396 e. The minimum Gasteiger partial charge on any atom is -0.396 e. The van der Waals surface area contributed by atoms with Crippen LogP contribution >= 0.6 is 0 Å². The first-order valence-electron chi connectivity index (χ1n) is 5.34. The number of aliphatic hydroxyl groups is 1. The Morgan fingerprint density at radius 1 is 1.40 bits per heavy atom. The molecule has 1 saturated heterocycles. The lowest BCUT2D eigenvalue weighted by Gasteiger charge is -2.22. The van der Waals surface area contributed by atoms with Gasteiger partial charge in [-0.2, -0.15) is 0 Å². The van der Waals surface area contributed by atoms with Crippen LogP contribution in [0, 0.1) is 0 Å². The highest BCUT2D eigenvalue weighted by Crippen LogP contribution is 2.11. The van der Waals surface area contributed by atoms with E-state index in [0.29, 0.717) is 6.54 Å². The van der Waals surface area contributed by atoms with Crippen molar-refractivity contribution in [3.05, 3.63) is 0 Å². The Morgan fingerprint density at radius 2 is 2.20 bits per heavy atom. The molecule has 0 aromatic carbocycles. The summed E-state index contributed by atoms with van der Waals surface area (Å²) in [5, 5.41) is 8.53. The molecule has 0 aromatic rings. The van der Waals surface area contributed by atoms with E-state index < -0.39 is 10.0 Å². The van der Waals surface area contributed by atoms with Gasteiger partial charge in [-0.25, -0.2) is 13.1 Å². The van der Waals surface area contributed by atoms with E-state index in [9.17, 15) is 8.42 Å². The third-order valence-electron chi connectivity index (χ3n) is 2.38. The highest BCUT2D eigenvalue weighted by molar-refractivity contribution is 7.89. The van der Waals surface area contributed by atoms with E-state index >= 15 is 0 Å². The molecule has 6 heteroatoms. The number of aliphatic hydroxyl groups excluding tert-OH is 1. The van der Waals surface area contributed by atoms with Crippen LogP contribution in [-0.4, -0.2) is 45.1 Å². The molecule has 1 unspecified atom stereocenters. The molecule has 0 aromatic heterocycles. The molecule has 0 amide bonds. The van der Waals surface area contributed by atoms with Crippen molar-refractivity contribution < 1.29 is 18.3 Å². The van der Waals surface area contributed by atoms with Crippen molar-refractivity contribution in [2.45, 2.75) is 31.8 Å². The Labute approximate surface area is 90.9 Å². The summed E-state index contributed by atoms with van der Waals surface area (Å²) in [5.74, 6) is -0.0176. The normalized spacial score (nSPS) is 22.9. The van der Waals surface area contributed by atoms with Crippen LogP contribution in [0.5, 0.6) is 0 Å². The number of ether oxygens (including phenoxy) is 1. The zero-order chi connectivity index (χ0) is 11.1. The number of sulfonamides is 1. The van der Waals surface area contributed by atoms with Crippen molar-refractivity contribution in [1.82, 2.24) is 4.72 Å². The summed E-state index contributed by atoms with van der Waals surface area (Å²) in [5.41, 5.74) is 0. The quantitative estimate of drug-likeness (QED) is 0.674. The Morgan fingerprint density at radius 3 is 2.80 bits per heavy atom. The van der Waals surface area contributed by atoms with Gasteiger partial charge in [-0.3, -0.25) is 0 Å². The zero-order valence-electron chi connectivity index (χ0n) is 8.81. The van der Waals surface area contributed by atoms with Crippen LogP contribution in [0.3, 0.4) is 0 Å². The van der Waals surface area contributed by atoms with E-state index in [1.165, 1.54) is 0 Å². The maximum absolute atomic E-state index is 11.4. The smallest absolute Gasteiger partial charge is 0.211 e. The number of hydrogen-bond acceptors (Lipinski definition) is 4. The van der Waals surface area contributed by atoms with Crippen LogP contribution < -0.4 is 4.72 Å². The Kier molecular flexibility index (Phi) is 5.52. The number of nitrogens with one attached hydrogen (secondary N) is 1. The summed E-state index contributed by atoms with van der Waals surface area (Å²) in [7, 11) is -3.23. The Hall–Kier alpha value is -0.170. The molecule has 5 nitrogen and oxygen atoms in total. The predicted molar refractivity (Wildman–Crippen MR) is 57.1 cm³/mol. The first-order chi connectivity index (χ1) is 7.14. The maximum atomic E-state index is 11.4. The molecule has 0 spiro atoms. The molecule has 1 fully saturated rings. The van der Waals surface area contributed by atoms with Gasteiger partial charge in [0.15, 0.2) is 0 Å². The fourth-order valence-corrected chi connectivity index (χ4v) is 2.61. The average Bonchev–Trinajstić information content (AvgIpc) is 2.25. The first kappa shape index (κ1) is 12.9. The molecule has 1 aliphatic heterocycles. The Balaban J connectivity index is 2.22. The van der Waals surface area contributed by atoms with Crippen LogP contribution in [-0.2, 0) is 14.8 Å². The highest BCUT2D eigenvalue weighted by atomic mass is 32.2. The first-order valence-corrected chi connectivity index (χ1v) is 6.99. The van der Waals surface area contributed by atoms with E-state index in [2.05, 4.69) is 4.72 Å². The zero-order valence-corrected chi connectivity index (χ0v) is 9.63. The van der Waals surface area contributed by atoms with E-state index in [4.69, 9.17) is 9.84 Å². The average molecular weight is 237 g/mol. The molecule has 0 bridgehead atoms. The molecule has 0 saturated carbocycles. The van der Waals surface area contributed by atoms with Gasteiger partial charge >= 0.3 is 0 Å². The van der Waals surface area contributed by atoms with E-state index in [-0.39, 0.29) is 24.9 Å². The lowest BCUT2D eigenvalue weighted by Crippen LogP contribution is -2.36. The number of rotatable bonds is 6. The van der Waals surface area contributed by atoms with Gasteiger partial charge in [-0.1, -0.05) is 0 Å². The van der Waals surface area contributed by atoms with E-state index in [1.807, 2.05) is 0 Å². The molecular weight excluding hydrogens is 218 g/mol. The number of hydrogen-bond donors (Lipinski definition) is 2. The predicted octanol–water partition coefficient (Wildman–Crippen LogP) is -0.143. The van der Waals surface area contributed by atoms with Crippen molar-refractivity contribution in [1.29, 1.82) is 0 Å². The van der Waals surface area contributed by atoms with Gasteiger partial charge in [0, 0.05) is 19.8 Å². The van der Waals surface area contributed by atoms with Crippen molar-refractivity contribution in [2.75, 3.05) is 25.5 Å². The third kappa shape index (κ3) is 5.46. The van der Waals surface area contributed by atoms with Gasteiger partial charge in [0.05, 0.1) is 11.9 Å². The molecule has 0 aliphatic carbocycles. The Bertz CT molecular complexity index is 259. The van der Waals surface area contributed by atoms with Crippen LogP contribution in [0.2, 0.25) is 0 Å². The second kappa shape index (κ2) is 6.42. The van der Waals surface area contributed by atoms with Crippen molar-refractivity contribution in [2.24, 2.45) is 0 Å². The molecule has 1 rings (SSSR count). The molecule has 1 heterocycles. The minimum absolute atomic E-state index is 0.0163. The SMILES string of the molecule is O=S(=O)(CCCO)NCC1CCCCO1. The lowest BCUT2D eigenvalue weighted by molar-refractivity contribution is 0.0200. The highest BCUT2D eigenvalue weighted by Gasteiger charge is 2.17. The van der Waals surface area contributed by atoms with Crippen molar-refractivity contribution >= 4 is 10.0 Å². The fourth-order valence-electron chi connectivity index (χ4n) is 1.52. The van der Waals surface area contributed by atoms with Crippen molar-refractivity contribution in [3.63, 3.8) is 0 Å². The lowest BCUT2D eigenvalue weighted by atomic mass is 10.1. The summed E-state index contributed by atoms with van der Waals surface area (Å²) >= 11 is 0. The van der Waals surface area contributed by atoms with Gasteiger partial charge < -0.3 is 9.84 Å². The van der Waals surface area contributed by atoms with Crippen LogP contribution in [0.1, 0.15) is 25.7 Å². The third-order valence-corrected chi connectivity index (χ3v) is 3.81. The molecule has 90 valence electrons.